The van der Waals surface area contributed by atoms with Gasteiger partial charge in [-0.05, 0) is 42.9 Å². The summed E-state index contributed by atoms with van der Waals surface area (Å²) in [4.78, 5) is 22.7. The predicted octanol–water partition coefficient (Wildman–Crippen LogP) is 1.97. The lowest BCUT2D eigenvalue weighted by molar-refractivity contribution is -0.138. The maximum Gasteiger partial charge on any atom is 0.325 e. The highest BCUT2D eigenvalue weighted by Crippen LogP contribution is 2.62. The molecule has 0 heterocycles. The first-order valence-corrected chi connectivity index (χ1v) is 6.96. The summed E-state index contributed by atoms with van der Waals surface area (Å²) in [6.07, 6.45) is 3.52. The number of amides is 2. The van der Waals surface area contributed by atoms with E-state index in [1.54, 1.807) is 0 Å². The van der Waals surface area contributed by atoms with Crippen LogP contribution in [0.3, 0.4) is 0 Å². The fraction of sp³-hybridized carbons (Fsp3) is 0.857. The Labute approximate surface area is 114 Å². The molecule has 4 unspecified atom stereocenters. The van der Waals surface area contributed by atoms with Gasteiger partial charge in [-0.2, -0.15) is 0 Å². The molecule has 3 N–H and O–H groups in total. The number of fused-ring (bicyclic) bond motifs is 2. The lowest BCUT2D eigenvalue weighted by atomic mass is 9.68. The predicted molar refractivity (Wildman–Crippen MR) is 71.8 cm³/mol. The molecule has 0 radical (unpaired) electrons. The fourth-order valence-electron chi connectivity index (χ4n) is 4.09. The molecule has 2 rings (SSSR count). The highest BCUT2D eigenvalue weighted by Gasteiger charge is 2.59. The van der Waals surface area contributed by atoms with Crippen LogP contribution >= 0.6 is 0 Å². The van der Waals surface area contributed by atoms with Gasteiger partial charge in [0.25, 0.3) is 0 Å². The van der Waals surface area contributed by atoms with E-state index in [1.165, 1.54) is 13.3 Å². The minimum atomic E-state index is -1.02. The van der Waals surface area contributed by atoms with Crippen molar-refractivity contribution in [3.8, 4) is 0 Å². The van der Waals surface area contributed by atoms with E-state index >= 15 is 0 Å². The molecule has 0 aromatic carbocycles. The first kappa shape index (κ1) is 14.2. The molecule has 2 fully saturated rings. The quantitative estimate of drug-likeness (QED) is 0.732. The van der Waals surface area contributed by atoms with Crippen LogP contribution in [0.2, 0.25) is 0 Å². The topological polar surface area (TPSA) is 78.4 Å². The molecule has 4 atom stereocenters. The Morgan fingerprint density at radius 3 is 2.42 bits per heavy atom. The first-order chi connectivity index (χ1) is 8.67. The van der Waals surface area contributed by atoms with Gasteiger partial charge in [0.05, 0.1) is 0 Å². The summed E-state index contributed by atoms with van der Waals surface area (Å²) in [5.74, 6) is -0.367. The van der Waals surface area contributed by atoms with Crippen molar-refractivity contribution >= 4 is 12.0 Å². The van der Waals surface area contributed by atoms with Crippen molar-refractivity contribution < 1.29 is 14.7 Å². The number of carbonyl (C=O) groups is 2. The molecule has 19 heavy (non-hydrogen) atoms. The monoisotopic (exact) mass is 268 g/mol. The summed E-state index contributed by atoms with van der Waals surface area (Å²) in [5.41, 5.74) is 0.231. The van der Waals surface area contributed by atoms with Crippen LogP contribution in [0.15, 0.2) is 0 Å². The average molecular weight is 268 g/mol. The Balaban J connectivity index is 2.03. The Bertz CT molecular complexity index is 403. The zero-order valence-corrected chi connectivity index (χ0v) is 12.1. The fourth-order valence-corrected chi connectivity index (χ4v) is 4.09. The average Bonchev–Trinajstić information content (AvgIpc) is 2.75. The number of carboxylic acids is 1. The van der Waals surface area contributed by atoms with Crippen molar-refractivity contribution in [3.05, 3.63) is 0 Å². The molecule has 0 aromatic heterocycles. The highest BCUT2D eigenvalue weighted by atomic mass is 16.4. The molecule has 5 heteroatoms. The third kappa shape index (κ3) is 2.30. The molecular weight excluding hydrogens is 244 g/mol. The van der Waals surface area contributed by atoms with Crippen molar-refractivity contribution in [3.63, 3.8) is 0 Å². The van der Waals surface area contributed by atoms with Crippen LogP contribution < -0.4 is 10.6 Å². The molecule has 5 nitrogen and oxygen atoms in total. The van der Waals surface area contributed by atoms with Gasteiger partial charge >= 0.3 is 12.0 Å². The number of hydrogen-bond donors (Lipinski definition) is 3. The SMILES string of the molecule is CC(NC(=O)NC1C2(C)CCC(C2)C1(C)C)C(=O)O. The van der Waals surface area contributed by atoms with Crippen LogP contribution in [0.4, 0.5) is 4.79 Å². The third-order valence-corrected chi connectivity index (χ3v) is 5.26. The standard InChI is InChI=1S/C14H24N2O3/c1-8(10(17)18)15-12(19)16-11-13(2,3)9-5-6-14(11,4)7-9/h8-9,11H,5-7H2,1-4H3,(H,17,18)(H2,15,16,19). The van der Waals surface area contributed by atoms with Gasteiger partial charge < -0.3 is 15.7 Å². The Morgan fingerprint density at radius 2 is 1.95 bits per heavy atom. The molecule has 2 aliphatic carbocycles. The first-order valence-electron chi connectivity index (χ1n) is 6.96. The van der Waals surface area contributed by atoms with Crippen LogP contribution in [0, 0.1) is 16.7 Å². The van der Waals surface area contributed by atoms with Gasteiger partial charge in [0.15, 0.2) is 0 Å². The zero-order valence-electron chi connectivity index (χ0n) is 12.1. The van der Waals surface area contributed by atoms with Crippen LogP contribution in [0.5, 0.6) is 0 Å². The molecule has 108 valence electrons. The Kier molecular flexibility index (Phi) is 3.27. The van der Waals surface area contributed by atoms with Crippen molar-refractivity contribution in [2.45, 2.75) is 59.0 Å². The summed E-state index contributed by atoms with van der Waals surface area (Å²) in [5, 5.41) is 14.3. The Hall–Kier alpha value is -1.26. The smallest absolute Gasteiger partial charge is 0.325 e. The molecule has 2 amide bonds. The number of carbonyl (C=O) groups excluding carboxylic acids is 1. The highest BCUT2D eigenvalue weighted by molar-refractivity contribution is 5.82. The van der Waals surface area contributed by atoms with E-state index in [0.29, 0.717) is 5.92 Å². The van der Waals surface area contributed by atoms with Gasteiger partial charge in [-0.15, -0.1) is 0 Å². The molecular formula is C14H24N2O3. The summed E-state index contributed by atoms with van der Waals surface area (Å²) in [6.45, 7) is 8.10. The molecule has 2 saturated carbocycles. The van der Waals surface area contributed by atoms with E-state index in [1.807, 2.05) is 0 Å². The normalized spacial score (nSPS) is 36.8. The second-order valence-corrected chi connectivity index (χ2v) is 7.03. The Morgan fingerprint density at radius 1 is 1.32 bits per heavy atom. The number of carboxylic acid groups (broad SMARTS) is 1. The minimum absolute atomic E-state index is 0.0802. The molecule has 0 aliphatic heterocycles. The molecule has 2 aliphatic rings. The minimum Gasteiger partial charge on any atom is -0.480 e. The van der Waals surface area contributed by atoms with Crippen LogP contribution in [0.1, 0.15) is 47.0 Å². The molecule has 0 spiro atoms. The second-order valence-electron chi connectivity index (χ2n) is 7.03. The maximum absolute atomic E-state index is 11.9. The molecule has 0 aromatic rings. The third-order valence-electron chi connectivity index (χ3n) is 5.26. The van der Waals surface area contributed by atoms with E-state index in [9.17, 15) is 9.59 Å². The van der Waals surface area contributed by atoms with E-state index in [-0.39, 0.29) is 22.9 Å². The van der Waals surface area contributed by atoms with Gasteiger partial charge in [0, 0.05) is 6.04 Å². The van der Waals surface area contributed by atoms with Crippen molar-refractivity contribution in [2.75, 3.05) is 0 Å². The number of hydrogen-bond acceptors (Lipinski definition) is 2. The van der Waals surface area contributed by atoms with E-state index < -0.39 is 12.0 Å². The summed E-state index contributed by atoms with van der Waals surface area (Å²) in [6, 6.07) is -1.13. The van der Waals surface area contributed by atoms with Gasteiger partial charge in [-0.1, -0.05) is 20.8 Å². The second kappa shape index (κ2) is 4.39. The van der Waals surface area contributed by atoms with E-state index in [0.717, 1.165) is 12.8 Å². The van der Waals surface area contributed by atoms with Crippen LogP contribution in [0.25, 0.3) is 0 Å². The van der Waals surface area contributed by atoms with Crippen LogP contribution in [-0.4, -0.2) is 29.2 Å². The van der Waals surface area contributed by atoms with Crippen molar-refractivity contribution in [1.29, 1.82) is 0 Å². The lowest BCUT2D eigenvalue weighted by Crippen LogP contribution is -2.56. The summed E-state index contributed by atoms with van der Waals surface area (Å²) in [7, 11) is 0. The summed E-state index contributed by atoms with van der Waals surface area (Å²) >= 11 is 0. The number of rotatable bonds is 3. The lowest BCUT2D eigenvalue weighted by Gasteiger charge is -2.43. The van der Waals surface area contributed by atoms with Crippen molar-refractivity contribution in [2.24, 2.45) is 16.7 Å². The number of aliphatic carboxylic acids is 1. The molecule has 2 bridgehead atoms. The number of urea groups is 1. The molecule has 0 saturated heterocycles. The van der Waals surface area contributed by atoms with Crippen molar-refractivity contribution in [1.82, 2.24) is 10.6 Å². The van der Waals surface area contributed by atoms with E-state index in [2.05, 4.69) is 31.4 Å². The van der Waals surface area contributed by atoms with Gasteiger partial charge in [-0.3, -0.25) is 4.79 Å². The maximum atomic E-state index is 11.9. The van der Waals surface area contributed by atoms with E-state index in [4.69, 9.17) is 5.11 Å². The van der Waals surface area contributed by atoms with Crippen LogP contribution in [-0.2, 0) is 4.79 Å². The number of nitrogens with one attached hydrogen (secondary N) is 2. The van der Waals surface area contributed by atoms with Gasteiger partial charge in [-0.25, -0.2) is 4.79 Å². The summed E-state index contributed by atoms with van der Waals surface area (Å²) < 4.78 is 0. The van der Waals surface area contributed by atoms with Gasteiger partial charge in [0.1, 0.15) is 6.04 Å². The largest absolute Gasteiger partial charge is 0.480 e. The van der Waals surface area contributed by atoms with Gasteiger partial charge in [0.2, 0.25) is 0 Å². The zero-order chi connectivity index (χ0) is 14.4.